The van der Waals surface area contributed by atoms with Crippen LogP contribution in [0.2, 0.25) is 0 Å². The minimum Gasteiger partial charge on any atom is -0.489 e. The van der Waals surface area contributed by atoms with Gasteiger partial charge in [0.1, 0.15) is 5.75 Å². The highest BCUT2D eigenvalue weighted by Crippen LogP contribution is 2.18. The topological polar surface area (TPSA) is 69.4 Å². The summed E-state index contributed by atoms with van der Waals surface area (Å²) in [6.07, 6.45) is 4.59. The highest BCUT2D eigenvalue weighted by molar-refractivity contribution is 5.26. The number of nitrogens with one attached hydrogen (secondary N) is 1. The zero-order valence-electron chi connectivity index (χ0n) is 11.3. The summed E-state index contributed by atoms with van der Waals surface area (Å²) in [5.41, 5.74) is 3.70. The van der Waals surface area contributed by atoms with Gasteiger partial charge in [0.25, 0.3) is 0 Å². The van der Waals surface area contributed by atoms with Gasteiger partial charge in [-0.3, -0.25) is 16.3 Å². The van der Waals surface area contributed by atoms with Crippen LogP contribution in [-0.2, 0) is 4.74 Å². The van der Waals surface area contributed by atoms with Gasteiger partial charge in [-0.05, 0) is 31.9 Å². The third kappa shape index (κ3) is 5.00. The zero-order valence-corrected chi connectivity index (χ0v) is 11.3. The van der Waals surface area contributed by atoms with E-state index in [4.69, 9.17) is 15.3 Å². The van der Waals surface area contributed by atoms with Crippen molar-refractivity contribution in [1.29, 1.82) is 0 Å². The molecule has 3 N–H and O–H groups in total. The molecule has 5 nitrogen and oxygen atoms in total. The third-order valence-electron chi connectivity index (χ3n) is 2.34. The summed E-state index contributed by atoms with van der Waals surface area (Å²) in [5, 5.41) is 0. The number of rotatable bonds is 8. The number of aromatic nitrogens is 1. The molecule has 1 rings (SSSR count). The molecule has 0 aliphatic rings. The Labute approximate surface area is 109 Å². The van der Waals surface area contributed by atoms with Crippen molar-refractivity contribution in [3.05, 3.63) is 24.0 Å². The van der Waals surface area contributed by atoms with Gasteiger partial charge in [-0.1, -0.05) is 6.92 Å². The number of hydrogen-bond donors (Lipinski definition) is 2. The second-order valence-electron chi connectivity index (χ2n) is 4.41. The van der Waals surface area contributed by atoms with E-state index in [0.717, 1.165) is 24.3 Å². The number of hydrogen-bond acceptors (Lipinski definition) is 5. The van der Waals surface area contributed by atoms with Gasteiger partial charge in [0.05, 0.1) is 24.9 Å². The molecule has 0 fully saturated rings. The van der Waals surface area contributed by atoms with Crippen molar-refractivity contribution in [2.75, 3.05) is 13.2 Å². The Morgan fingerprint density at radius 3 is 2.78 bits per heavy atom. The smallest absolute Gasteiger partial charge is 0.138 e. The third-order valence-corrected chi connectivity index (χ3v) is 2.34. The number of pyridine rings is 1. The average Bonchev–Trinajstić information content (AvgIpc) is 2.34. The van der Waals surface area contributed by atoms with Crippen LogP contribution in [0.4, 0.5) is 0 Å². The van der Waals surface area contributed by atoms with E-state index < -0.39 is 0 Å². The molecule has 102 valence electrons. The van der Waals surface area contributed by atoms with Crippen LogP contribution in [-0.4, -0.2) is 24.3 Å². The number of nitrogens with zero attached hydrogens (tertiary/aromatic N) is 1. The van der Waals surface area contributed by atoms with Crippen molar-refractivity contribution in [3.63, 3.8) is 0 Å². The Balaban J connectivity index is 2.66. The Kier molecular flexibility index (Phi) is 6.64. The minimum absolute atomic E-state index is 0.0697. The highest BCUT2D eigenvalue weighted by atomic mass is 16.5. The van der Waals surface area contributed by atoms with Crippen LogP contribution < -0.4 is 16.0 Å². The lowest BCUT2D eigenvalue weighted by Crippen LogP contribution is -2.31. The lowest BCUT2D eigenvalue weighted by Gasteiger charge is -2.17. The molecule has 1 unspecified atom stereocenters. The molecule has 0 amide bonds. The fraction of sp³-hybridized carbons (Fsp3) is 0.615. The molecular weight excluding hydrogens is 230 g/mol. The van der Waals surface area contributed by atoms with Gasteiger partial charge in [-0.15, -0.1) is 0 Å². The quantitative estimate of drug-likeness (QED) is 0.420. The van der Waals surface area contributed by atoms with Crippen molar-refractivity contribution in [3.8, 4) is 5.75 Å². The maximum absolute atomic E-state index is 5.60. The summed E-state index contributed by atoms with van der Waals surface area (Å²) in [6, 6.07) is 1.87. The predicted octanol–water partition coefficient (Wildman–Crippen LogP) is 1.80. The van der Waals surface area contributed by atoms with Crippen molar-refractivity contribution in [2.45, 2.75) is 39.3 Å². The van der Waals surface area contributed by atoms with Gasteiger partial charge in [0.2, 0.25) is 0 Å². The molecule has 5 heteroatoms. The van der Waals surface area contributed by atoms with Crippen molar-refractivity contribution < 1.29 is 9.47 Å². The van der Waals surface area contributed by atoms with Gasteiger partial charge >= 0.3 is 0 Å². The zero-order chi connectivity index (χ0) is 13.4. The summed E-state index contributed by atoms with van der Waals surface area (Å²) < 4.78 is 11.1. The second kappa shape index (κ2) is 8.02. The summed E-state index contributed by atoms with van der Waals surface area (Å²) in [7, 11) is 0. The van der Waals surface area contributed by atoms with E-state index in [2.05, 4.69) is 17.3 Å². The monoisotopic (exact) mass is 253 g/mol. The first-order chi connectivity index (χ1) is 8.67. The van der Waals surface area contributed by atoms with Crippen molar-refractivity contribution in [2.24, 2.45) is 5.84 Å². The van der Waals surface area contributed by atoms with E-state index in [1.807, 2.05) is 19.9 Å². The van der Waals surface area contributed by atoms with Crippen molar-refractivity contribution >= 4 is 0 Å². The number of hydrazine groups is 1. The molecule has 0 spiro atoms. The maximum atomic E-state index is 5.60. The second-order valence-corrected chi connectivity index (χ2v) is 4.41. The molecule has 0 aliphatic carbocycles. The molecule has 0 aromatic carbocycles. The molecule has 18 heavy (non-hydrogen) atoms. The number of ether oxygens (including phenoxy) is 2. The summed E-state index contributed by atoms with van der Waals surface area (Å²) in [4.78, 5) is 4.16. The molecule has 1 atom stereocenters. The molecule has 1 heterocycles. The van der Waals surface area contributed by atoms with Crippen LogP contribution in [0.5, 0.6) is 5.75 Å². The summed E-state index contributed by atoms with van der Waals surface area (Å²) >= 11 is 0. The normalized spacial score (nSPS) is 12.7. The highest BCUT2D eigenvalue weighted by Gasteiger charge is 2.11. The molecule has 0 saturated heterocycles. The van der Waals surface area contributed by atoms with Gasteiger partial charge < -0.3 is 9.47 Å². The van der Waals surface area contributed by atoms with Gasteiger partial charge in [0.15, 0.2) is 0 Å². The Morgan fingerprint density at radius 2 is 2.17 bits per heavy atom. The van der Waals surface area contributed by atoms with Crippen LogP contribution in [0.15, 0.2) is 18.5 Å². The predicted molar refractivity (Wildman–Crippen MR) is 71.2 cm³/mol. The van der Waals surface area contributed by atoms with Crippen molar-refractivity contribution in [1.82, 2.24) is 10.4 Å². The Morgan fingerprint density at radius 1 is 1.39 bits per heavy atom. The summed E-state index contributed by atoms with van der Waals surface area (Å²) in [5.74, 6) is 6.29. The lowest BCUT2D eigenvalue weighted by atomic mass is 10.1. The first kappa shape index (κ1) is 14.9. The molecule has 1 aromatic rings. The van der Waals surface area contributed by atoms with E-state index in [9.17, 15) is 0 Å². The minimum atomic E-state index is -0.0697. The first-order valence-corrected chi connectivity index (χ1v) is 6.32. The van der Waals surface area contributed by atoms with E-state index in [1.54, 1.807) is 12.4 Å². The molecule has 0 radical (unpaired) electrons. The SMILES string of the molecule is CCCOCC(NN)c1cncc(OC(C)C)c1. The Hall–Kier alpha value is -1.17. The van der Waals surface area contributed by atoms with Gasteiger partial charge in [0, 0.05) is 12.8 Å². The van der Waals surface area contributed by atoms with Crippen LogP contribution in [0.3, 0.4) is 0 Å². The first-order valence-electron chi connectivity index (χ1n) is 6.32. The van der Waals surface area contributed by atoms with Crippen LogP contribution in [0.25, 0.3) is 0 Å². The molecule has 0 bridgehead atoms. The van der Waals surface area contributed by atoms with Crippen LogP contribution >= 0.6 is 0 Å². The lowest BCUT2D eigenvalue weighted by molar-refractivity contribution is 0.112. The molecule has 1 aromatic heterocycles. The van der Waals surface area contributed by atoms with E-state index in [0.29, 0.717) is 6.61 Å². The van der Waals surface area contributed by atoms with E-state index in [1.165, 1.54) is 0 Å². The van der Waals surface area contributed by atoms with Gasteiger partial charge in [-0.25, -0.2) is 0 Å². The van der Waals surface area contributed by atoms with Crippen LogP contribution in [0.1, 0.15) is 38.8 Å². The fourth-order valence-corrected chi connectivity index (χ4v) is 1.55. The Bertz CT molecular complexity index is 345. The standard InChI is InChI=1S/C13H23N3O2/c1-4-5-17-9-13(16-14)11-6-12(8-15-7-11)18-10(2)3/h6-8,10,13,16H,4-5,9,14H2,1-3H3. The maximum Gasteiger partial charge on any atom is 0.138 e. The molecular formula is C13H23N3O2. The molecule has 0 aliphatic heterocycles. The fourth-order valence-electron chi connectivity index (χ4n) is 1.55. The van der Waals surface area contributed by atoms with Gasteiger partial charge in [-0.2, -0.15) is 0 Å². The average molecular weight is 253 g/mol. The molecule has 0 saturated carbocycles. The summed E-state index contributed by atoms with van der Waals surface area (Å²) in [6.45, 7) is 7.29. The van der Waals surface area contributed by atoms with Crippen LogP contribution in [0, 0.1) is 0 Å². The van der Waals surface area contributed by atoms with E-state index >= 15 is 0 Å². The number of nitrogens with two attached hydrogens (primary N) is 1. The van der Waals surface area contributed by atoms with E-state index in [-0.39, 0.29) is 12.1 Å². The largest absolute Gasteiger partial charge is 0.489 e.